The average molecular weight is 640 g/mol. The van der Waals surface area contributed by atoms with Gasteiger partial charge in [0, 0.05) is 4.88 Å². The van der Waals surface area contributed by atoms with Crippen molar-refractivity contribution in [2.45, 2.75) is 62.9 Å². The summed E-state index contributed by atoms with van der Waals surface area (Å²) >= 11 is 4.05. The van der Waals surface area contributed by atoms with Crippen LogP contribution in [0.15, 0.2) is 46.9 Å². The number of esters is 1. The molecule has 0 fully saturated rings. The first-order chi connectivity index (χ1) is 20.9. The topological polar surface area (TPSA) is 124 Å². The second-order valence-electron chi connectivity index (χ2n) is 9.80. The lowest BCUT2D eigenvalue weighted by Crippen LogP contribution is -2.25. The van der Waals surface area contributed by atoms with Crippen molar-refractivity contribution in [1.29, 1.82) is 0 Å². The number of nitrogens with one attached hydrogen (secondary N) is 2. The fourth-order valence-corrected chi connectivity index (χ4v) is 7.68. The van der Waals surface area contributed by atoms with Gasteiger partial charge >= 0.3 is 5.97 Å². The molecular weight excluding hydrogens is 607 g/mol. The number of thioether (sulfide) groups is 1. The summed E-state index contributed by atoms with van der Waals surface area (Å²) < 4.78 is 12.8. The van der Waals surface area contributed by atoms with Gasteiger partial charge < -0.3 is 20.1 Å². The van der Waals surface area contributed by atoms with Gasteiger partial charge in [0.05, 0.1) is 41.6 Å². The monoisotopic (exact) mass is 639 g/mol. The van der Waals surface area contributed by atoms with Crippen molar-refractivity contribution >= 4 is 57.2 Å². The molecule has 1 atom stereocenters. The van der Waals surface area contributed by atoms with Gasteiger partial charge in [0.1, 0.15) is 10.8 Å². The number of thiophene rings is 2. The Kier molecular flexibility index (Phi) is 10.2. The number of aromatic nitrogens is 3. The van der Waals surface area contributed by atoms with E-state index in [9.17, 15) is 14.4 Å². The molecule has 0 radical (unpaired) electrons. The lowest BCUT2D eigenvalue weighted by Gasteiger charge is -2.16. The second kappa shape index (κ2) is 14.2. The van der Waals surface area contributed by atoms with Crippen molar-refractivity contribution < 1.29 is 23.9 Å². The van der Waals surface area contributed by atoms with Crippen molar-refractivity contribution in [2.24, 2.45) is 0 Å². The zero-order valence-electron chi connectivity index (χ0n) is 24.2. The third kappa shape index (κ3) is 6.94. The first kappa shape index (κ1) is 30.8. The van der Waals surface area contributed by atoms with Gasteiger partial charge in [0.2, 0.25) is 5.91 Å². The van der Waals surface area contributed by atoms with Gasteiger partial charge in [-0.3, -0.25) is 14.2 Å². The lowest BCUT2D eigenvalue weighted by atomic mass is 10.1. The van der Waals surface area contributed by atoms with E-state index in [4.69, 9.17) is 9.47 Å². The highest BCUT2D eigenvalue weighted by Crippen LogP contribution is 2.39. The molecule has 0 unspecified atom stereocenters. The number of anilines is 1. The third-order valence-corrected chi connectivity index (χ3v) is 10.1. The quantitative estimate of drug-likeness (QED) is 0.118. The summed E-state index contributed by atoms with van der Waals surface area (Å²) in [7, 11) is 1.58. The number of benzene rings is 1. The van der Waals surface area contributed by atoms with Crippen LogP contribution in [-0.4, -0.2) is 51.5 Å². The van der Waals surface area contributed by atoms with Crippen molar-refractivity contribution in [2.75, 3.05) is 19.0 Å². The maximum Gasteiger partial charge on any atom is 0.341 e. The van der Waals surface area contributed by atoms with Crippen LogP contribution in [0.2, 0.25) is 0 Å². The van der Waals surface area contributed by atoms with Gasteiger partial charge in [-0.2, -0.15) is 0 Å². The Hall–Kier alpha value is -3.68. The number of fused-ring (bicyclic) bond motifs is 1. The van der Waals surface area contributed by atoms with Crippen LogP contribution in [0.25, 0.3) is 5.69 Å². The molecule has 1 aliphatic carbocycles. The van der Waals surface area contributed by atoms with E-state index in [-0.39, 0.29) is 25.0 Å². The van der Waals surface area contributed by atoms with Crippen LogP contribution in [0.3, 0.4) is 0 Å². The molecule has 1 aromatic carbocycles. The zero-order chi connectivity index (χ0) is 30.3. The molecule has 0 aliphatic heterocycles. The van der Waals surface area contributed by atoms with E-state index in [2.05, 4.69) is 20.8 Å². The number of para-hydroxylation sites is 2. The summed E-state index contributed by atoms with van der Waals surface area (Å²) in [6.07, 6.45) is 4.87. The predicted molar refractivity (Wildman–Crippen MR) is 169 cm³/mol. The Morgan fingerprint density at radius 1 is 1.09 bits per heavy atom. The van der Waals surface area contributed by atoms with Gasteiger partial charge in [-0.25, -0.2) is 4.79 Å². The summed E-state index contributed by atoms with van der Waals surface area (Å²) in [4.78, 5) is 40.9. The van der Waals surface area contributed by atoms with Gasteiger partial charge in [-0.05, 0) is 68.7 Å². The van der Waals surface area contributed by atoms with Crippen molar-refractivity contribution in [3.8, 4) is 11.4 Å². The van der Waals surface area contributed by atoms with Crippen molar-refractivity contribution in [1.82, 2.24) is 20.1 Å². The van der Waals surface area contributed by atoms with Crippen LogP contribution >= 0.6 is 34.4 Å². The lowest BCUT2D eigenvalue weighted by molar-refractivity contribution is -0.115. The van der Waals surface area contributed by atoms with Crippen LogP contribution in [0.4, 0.5) is 5.00 Å². The highest BCUT2D eigenvalue weighted by atomic mass is 32.2. The summed E-state index contributed by atoms with van der Waals surface area (Å²) in [5.74, 6) is 0.192. The number of rotatable bonds is 11. The standard InChI is InChI=1S/C30H33N5O5S3/c1-4-40-29(38)25-19-11-6-5-7-14-22(19)43-28(25)32-26(36)18(2)42-30-34-33-24(17-31-27(37)23-15-10-16-41-23)35(30)20-12-8-9-13-21(20)39-3/h8-10,12-13,15-16,18H,4-7,11,14,17H2,1-3H3,(H,31,37)(H,32,36)/t18-/m1/s1. The molecular formula is C30H33N5O5S3. The second-order valence-corrected chi connectivity index (χ2v) is 13.2. The fourth-order valence-electron chi connectivity index (χ4n) is 4.88. The van der Waals surface area contributed by atoms with E-state index < -0.39 is 11.2 Å². The summed E-state index contributed by atoms with van der Waals surface area (Å²) in [6.45, 7) is 3.94. The van der Waals surface area contributed by atoms with E-state index in [1.165, 1.54) is 34.4 Å². The number of aryl methyl sites for hydroxylation is 1. The summed E-state index contributed by atoms with van der Waals surface area (Å²) in [5.41, 5.74) is 2.16. The highest BCUT2D eigenvalue weighted by Gasteiger charge is 2.29. The number of amides is 2. The summed E-state index contributed by atoms with van der Waals surface area (Å²) in [6, 6.07) is 11.0. The van der Waals surface area contributed by atoms with Crippen molar-refractivity contribution in [3.05, 3.63) is 68.5 Å². The smallest absolute Gasteiger partial charge is 0.341 e. The van der Waals surface area contributed by atoms with E-state index in [1.807, 2.05) is 35.7 Å². The number of nitrogens with zero attached hydrogens (tertiary/aromatic N) is 3. The highest BCUT2D eigenvalue weighted by molar-refractivity contribution is 8.00. The number of carbonyl (C=O) groups is 3. The molecule has 10 nitrogen and oxygen atoms in total. The molecule has 1 aliphatic rings. The largest absolute Gasteiger partial charge is 0.495 e. The number of ether oxygens (including phenoxy) is 2. The van der Waals surface area contributed by atoms with Gasteiger partial charge in [-0.15, -0.1) is 32.9 Å². The molecule has 226 valence electrons. The number of hydrogen-bond donors (Lipinski definition) is 2. The van der Waals surface area contributed by atoms with E-state index in [1.54, 1.807) is 31.6 Å². The van der Waals surface area contributed by atoms with Crippen LogP contribution in [0.5, 0.6) is 5.75 Å². The minimum Gasteiger partial charge on any atom is -0.495 e. The molecule has 2 N–H and O–H groups in total. The molecule has 3 heterocycles. The number of carbonyl (C=O) groups excluding carboxylic acids is 3. The van der Waals surface area contributed by atoms with Crippen LogP contribution in [0, 0.1) is 0 Å². The first-order valence-electron chi connectivity index (χ1n) is 14.1. The van der Waals surface area contributed by atoms with Crippen LogP contribution in [0.1, 0.15) is 69.4 Å². The van der Waals surface area contributed by atoms with Crippen molar-refractivity contribution in [3.63, 3.8) is 0 Å². The Labute approximate surface area is 262 Å². The molecule has 5 rings (SSSR count). The van der Waals surface area contributed by atoms with Gasteiger partial charge in [0.15, 0.2) is 11.0 Å². The van der Waals surface area contributed by atoms with E-state index in [0.717, 1.165) is 42.5 Å². The Morgan fingerprint density at radius 2 is 1.91 bits per heavy atom. The molecule has 3 aromatic heterocycles. The molecule has 13 heteroatoms. The first-order valence-corrected chi connectivity index (χ1v) is 16.7. The molecule has 0 bridgehead atoms. The van der Waals surface area contributed by atoms with Crippen LogP contribution < -0.4 is 15.4 Å². The van der Waals surface area contributed by atoms with Gasteiger partial charge in [-0.1, -0.05) is 36.4 Å². The molecule has 4 aromatic rings. The number of methoxy groups -OCH3 is 1. The average Bonchev–Trinajstić information content (AvgIpc) is 3.72. The van der Waals surface area contributed by atoms with E-state index >= 15 is 0 Å². The molecule has 43 heavy (non-hydrogen) atoms. The normalized spacial score (nSPS) is 13.5. The maximum absolute atomic E-state index is 13.5. The summed E-state index contributed by atoms with van der Waals surface area (Å²) in [5, 5.41) is 16.9. The maximum atomic E-state index is 13.5. The Bertz CT molecular complexity index is 1600. The Balaban J connectivity index is 1.39. The molecule has 2 amide bonds. The van der Waals surface area contributed by atoms with Gasteiger partial charge in [0.25, 0.3) is 5.91 Å². The van der Waals surface area contributed by atoms with E-state index in [0.29, 0.717) is 37.9 Å². The fraction of sp³-hybridized carbons (Fsp3) is 0.367. The SMILES string of the molecule is CCOC(=O)c1c(NC(=O)[C@@H](C)Sc2nnc(CNC(=O)c3cccs3)n2-c2ccccc2OC)sc2c1CCCCC2. The zero-order valence-corrected chi connectivity index (χ0v) is 26.6. The third-order valence-electron chi connectivity index (χ3n) is 6.97. The molecule has 0 saturated carbocycles. The predicted octanol–water partition coefficient (Wildman–Crippen LogP) is 5.89. The Morgan fingerprint density at radius 3 is 2.67 bits per heavy atom. The minimum atomic E-state index is -0.594. The molecule has 0 spiro atoms. The minimum absolute atomic E-state index is 0.118. The number of hydrogen-bond acceptors (Lipinski definition) is 10. The van der Waals surface area contributed by atoms with Crippen LogP contribution in [-0.2, 0) is 28.9 Å². The molecule has 0 saturated heterocycles.